The van der Waals surface area contributed by atoms with Gasteiger partial charge in [-0.3, -0.25) is 14.3 Å². The van der Waals surface area contributed by atoms with Crippen molar-refractivity contribution in [3.63, 3.8) is 0 Å². The lowest BCUT2D eigenvalue weighted by Gasteiger charge is -2.33. The molecule has 2 aromatic heterocycles. The fourth-order valence-electron chi connectivity index (χ4n) is 5.29. The molecular weight excluding hydrogens is 649 g/mol. The Morgan fingerprint density at radius 2 is 1.63 bits per heavy atom. The maximum absolute atomic E-state index is 13.9. The summed E-state index contributed by atoms with van der Waals surface area (Å²) in [6, 6.07) is 3.13. The number of halogens is 11. The average Bonchev–Trinajstić information content (AvgIpc) is 3.54. The van der Waals surface area contributed by atoms with E-state index < -0.39 is 91.7 Å². The van der Waals surface area contributed by atoms with Gasteiger partial charge in [-0.05, 0) is 49.4 Å². The smallest absolute Gasteiger partial charge is 0.350 e. The van der Waals surface area contributed by atoms with Crippen LogP contribution in [0.5, 0.6) is 0 Å². The highest BCUT2D eigenvalue weighted by atomic mass is 19.4. The molecule has 1 aliphatic rings. The van der Waals surface area contributed by atoms with Gasteiger partial charge in [0.2, 0.25) is 11.8 Å². The van der Waals surface area contributed by atoms with Crippen molar-refractivity contribution in [1.29, 1.82) is 0 Å². The second-order valence-corrected chi connectivity index (χ2v) is 11.2. The molecule has 0 bridgehead atoms. The molecule has 0 aliphatic heterocycles. The number of nitrogens with one attached hydrogen (secondary N) is 3. The quantitative estimate of drug-likeness (QED) is 0.214. The van der Waals surface area contributed by atoms with Gasteiger partial charge in [0.25, 0.3) is 5.91 Å². The first-order valence-electron chi connectivity index (χ1n) is 13.8. The van der Waals surface area contributed by atoms with Crippen LogP contribution in [0.4, 0.5) is 48.3 Å². The van der Waals surface area contributed by atoms with Crippen molar-refractivity contribution in [3.8, 4) is 0 Å². The molecule has 1 aliphatic carbocycles. The molecule has 0 spiro atoms. The van der Waals surface area contributed by atoms with Crippen LogP contribution >= 0.6 is 0 Å². The lowest BCUT2D eigenvalue weighted by Crippen LogP contribution is -2.41. The molecule has 1 fully saturated rings. The molecular formula is C27H27F11N6O2. The van der Waals surface area contributed by atoms with E-state index >= 15 is 0 Å². The maximum atomic E-state index is 13.9. The molecule has 1 aromatic carbocycles. The van der Waals surface area contributed by atoms with Crippen molar-refractivity contribution < 1.29 is 57.9 Å². The highest BCUT2D eigenvalue weighted by Crippen LogP contribution is 2.42. The van der Waals surface area contributed by atoms with Crippen molar-refractivity contribution >= 4 is 22.8 Å². The molecule has 3 aromatic rings. The molecule has 1 saturated carbocycles. The number of rotatable bonds is 9. The van der Waals surface area contributed by atoms with E-state index in [-0.39, 0.29) is 29.7 Å². The minimum atomic E-state index is -5.69. The number of amides is 2. The highest BCUT2D eigenvalue weighted by Gasteiger charge is 2.57. The normalized spacial score (nSPS) is 17.7. The molecule has 4 rings (SSSR count). The fraction of sp³-hybridized carbons (Fsp3) is 0.556. The van der Waals surface area contributed by atoms with E-state index in [2.05, 4.69) is 25.7 Å². The number of H-pyrrole nitrogens is 1. The molecule has 254 valence electrons. The lowest BCUT2D eigenvalue weighted by atomic mass is 9.81. The van der Waals surface area contributed by atoms with Gasteiger partial charge in [-0.15, -0.1) is 0 Å². The molecule has 3 N–H and O–H groups in total. The summed E-state index contributed by atoms with van der Waals surface area (Å²) in [5.74, 6) is -9.83. The molecule has 0 unspecified atom stereocenters. The van der Waals surface area contributed by atoms with Gasteiger partial charge in [-0.1, -0.05) is 6.07 Å². The van der Waals surface area contributed by atoms with E-state index in [0.29, 0.717) is 10.2 Å². The van der Waals surface area contributed by atoms with Gasteiger partial charge in [-0.2, -0.15) is 44.6 Å². The van der Waals surface area contributed by atoms with Gasteiger partial charge in [0.1, 0.15) is 18.1 Å². The topological polar surface area (TPSA) is 105 Å². The van der Waals surface area contributed by atoms with E-state index in [1.165, 1.54) is 25.1 Å². The third-order valence-electron chi connectivity index (χ3n) is 7.68. The minimum Gasteiger partial charge on any atom is -0.350 e. The third-order valence-corrected chi connectivity index (χ3v) is 7.68. The first kappa shape index (κ1) is 34.9. The summed E-state index contributed by atoms with van der Waals surface area (Å²) in [6.07, 6.45) is -18.1. The molecule has 46 heavy (non-hydrogen) atoms. The second kappa shape index (κ2) is 12.7. The summed E-state index contributed by atoms with van der Waals surface area (Å²) < 4.78 is 144. The van der Waals surface area contributed by atoms with Crippen LogP contribution < -0.4 is 10.6 Å². The Kier molecular flexibility index (Phi) is 9.64. The summed E-state index contributed by atoms with van der Waals surface area (Å²) in [4.78, 5) is 32.6. The van der Waals surface area contributed by atoms with E-state index in [9.17, 15) is 57.9 Å². The first-order chi connectivity index (χ1) is 21.1. The number of hydrogen-bond acceptors (Lipinski definition) is 4. The standard InChI is InChI=1S/C27H27F11N6O2/c1-13(40-20(45)11-19(26(33,34)35)27(36,37)38)15-2-3-16-17(10-15)42-22(41-16)21(14-4-7-24(28,29)8-5-14)43-23(46)18-6-9-39-44(18)12-25(30,31)32/h2-3,6,9-10,13-14,19,21H,4-5,7-8,11-12H2,1H3,(H,40,45)(H,41,42)(H,43,46)/t13-,21+/m1/s1. The van der Waals surface area contributed by atoms with Crippen molar-refractivity contribution in [2.75, 3.05) is 0 Å². The van der Waals surface area contributed by atoms with Crippen LogP contribution in [0, 0.1) is 11.8 Å². The van der Waals surface area contributed by atoms with Crippen LogP contribution in [-0.2, 0) is 11.3 Å². The Balaban J connectivity index is 1.57. The Bertz CT molecular complexity index is 1520. The van der Waals surface area contributed by atoms with E-state index in [0.717, 1.165) is 12.3 Å². The van der Waals surface area contributed by atoms with Gasteiger partial charge in [-0.25, -0.2) is 13.8 Å². The zero-order chi connectivity index (χ0) is 34.2. The Hall–Kier alpha value is -3.93. The van der Waals surface area contributed by atoms with Crippen LogP contribution in [0.1, 0.15) is 73.0 Å². The fourth-order valence-corrected chi connectivity index (χ4v) is 5.29. The van der Waals surface area contributed by atoms with Crippen LogP contribution in [0.15, 0.2) is 30.5 Å². The maximum Gasteiger partial charge on any atom is 0.408 e. The van der Waals surface area contributed by atoms with E-state index in [1.54, 1.807) is 0 Å². The van der Waals surface area contributed by atoms with Crippen LogP contribution in [0.25, 0.3) is 11.0 Å². The van der Waals surface area contributed by atoms with E-state index in [4.69, 9.17) is 0 Å². The van der Waals surface area contributed by atoms with Gasteiger partial charge in [0.15, 0.2) is 5.92 Å². The summed E-state index contributed by atoms with van der Waals surface area (Å²) in [5.41, 5.74) is 0.307. The molecule has 2 heterocycles. The zero-order valence-electron chi connectivity index (χ0n) is 23.8. The number of alkyl halides is 11. The SMILES string of the molecule is C[C@@H](NC(=O)CC(C(F)(F)F)C(F)(F)F)c1ccc2[nH]c([C@@H](NC(=O)c3ccnn3CC(F)(F)F)C3CCC(F)(F)CC3)nc2c1. The monoisotopic (exact) mass is 676 g/mol. The number of aromatic nitrogens is 4. The van der Waals surface area contributed by atoms with Crippen LogP contribution in [0.3, 0.4) is 0 Å². The molecule has 8 nitrogen and oxygen atoms in total. The molecule has 2 amide bonds. The zero-order valence-corrected chi connectivity index (χ0v) is 23.8. The Morgan fingerprint density at radius 3 is 2.22 bits per heavy atom. The van der Waals surface area contributed by atoms with Crippen LogP contribution in [-0.4, -0.2) is 56.0 Å². The van der Waals surface area contributed by atoms with Gasteiger partial charge in [0, 0.05) is 25.5 Å². The van der Waals surface area contributed by atoms with E-state index in [1.807, 2.05) is 0 Å². The molecule has 19 heteroatoms. The molecule has 2 atom stereocenters. The number of benzene rings is 1. The van der Waals surface area contributed by atoms with Crippen molar-refractivity contribution in [1.82, 2.24) is 30.4 Å². The van der Waals surface area contributed by atoms with Crippen molar-refractivity contribution in [2.45, 2.75) is 82.1 Å². The predicted octanol–water partition coefficient (Wildman–Crippen LogP) is 6.93. The third kappa shape index (κ3) is 8.65. The molecule has 0 radical (unpaired) electrons. The summed E-state index contributed by atoms with van der Waals surface area (Å²) >= 11 is 0. The summed E-state index contributed by atoms with van der Waals surface area (Å²) in [7, 11) is 0. The summed E-state index contributed by atoms with van der Waals surface area (Å²) in [6.45, 7) is -0.240. The second-order valence-electron chi connectivity index (χ2n) is 11.2. The first-order valence-corrected chi connectivity index (χ1v) is 13.8. The Labute approximate surface area is 253 Å². The number of carbonyl (C=O) groups is 2. The minimum absolute atomic E-state index is 0.0625. The number of imidazole rings is 1. The number of aromatic amines is 1. The lowest BCUT2D eigenvalue weighted by molar-refractivity contribution is -0.284. The largest absolute Gasteiger partial charge is 0.408 e. The number of nitrogens with zero attached hydrogens (tertiary/aromatic N) is 3. The number of fused-ring (bicyclic) bond motifs is 1. The number of hydrogen-bond donors (Lipinski definition) is 3. The molecule has 0 saturated heterocycles. The van der Waals surface area contributed by atoms with Gasteiger partial charge in [0.05, 0.1) is 23.1 Å². The summed E-state index contributed by atoms with van der Waals surface area (Å²) in [5, 5.41) is 8.20. The predicted molar refractivity (Wildman–Crippen MR) is 138 cm³/mol. The number of carbonyl (C=O) groups excluding carboxylic acids is 2. The highest BCUT2D eigenvalue weighted by molar-refractivity contribution is 5.92. The Morgan fingerprint density at radius 1 is 1.00 bits per heavy atom. The van der Waals surface area contributed by atoms with Gasteiger partial charge >= 0.3 is 18.5 Å². The van der Waals surface area contributed by atoms with Gasteiger partial charge < -0.3 is 15.6 Å². The van der Waals surface area contributed by atoms with Crippen molar-refractivity contribution in [3.05, 3.63) is 47.5 Å². The van der Waals surface area contributed by atoms with Crippen LogP contribution in [0.2, 0.25) is 0 Å². The average molecular weight is 677 g/mol. The van der Waals surface area contributed by atoms with Crippen molar-refractivity contribution in [2.24, 2.45) is 11.8 Å².